The normalized spacial score (nSPS) is 16.8. The molecule has 1 aromatic carbocycles. The van der Waals surface area contributed by atoms with Gasteiger partial charge in [0.1, 0.15) is 0 Å². The van der Waals surface area contributed by atoms with Gasteiger partial charge in [-0.05, 0) is 14.1 Å². The first-order valence-corrected chi connectivity index (χ1v) is 8.00. The van der Waals surface area contributed by atoms with Gasteiger partial charge in [0.25, 0.3) is 0 Å². The van der Waals surface area contributed by atoms with Gasteiger partial charge in [0.2, 0.25) is 0 Å². The number of rotatable bonds is 2. The molecule has 1 aromatic rings. The minimum absolute atomic E-state index is 0. The van der Waals surface area contributed by atoms with Crippen LogP contribution in [-0.2, 0) is 15.2 Å². The Kier molecular flexibility index (Phi) is 12.5. The molecule has 1 aliphatic carbocycles. The SMILES string of the molecule is CC1=C(C)C(C)[C]([Cr][c]2ccccc2)=C1C.CNC.Cl.Cl. The van der Waals surface area contributed by atoms with E-state index >= 15 is 0 Å². The van der Waals surface area contributed by atoms with E-state index in [0.29, 0.717) is 21.1 Å². The smallest absolute Gasteiger partial charge is 0.0167 e. The Morgan fingerprint density at radius 3 is 1.76 bits per heavy atom. The summed E-state index contributed by atoms with van der Waals surface area (Å²) in [5, 5.41) is 2.75. The minimum Gasteiger partial charge on any atom is -0.323 e. The summed E-state index contributed by atoms with van der Waals surface area (Å²) in [6.45, 7) is 9.16. The van der Waals surface area contributed by atoms with Gasteiger partial charge in [-0.15, -0.1) is 24.8 Å². The molecule has 0 aliphatic heterocycles. The Morgan fingerprint density at radius 1 is 0.905 bits per heavy atom. The third kappa shape index (κ3) is 6.19. The number of nitrogens with one attached hydrogen (secondary N) is 1. The first-order valence-electron chi connectivity index (χ1n) is 6.72. The van der Waals surface area contributed by atoms with Crippen molar-refractivity contribution in [1.82, 2.24) is 5.32 Å². The van der Waals surface area contributed by atoms with Crippen LogP contribution in [0.1, 0.15) is 27.7 Å². The summed E-state index contributed by atoms with van der Waals surface area (Å²) in [5.74, 6) is 0.653. The molecule has 4 heteroatoms. The van der Waals surface area contributed by atoms with Gasteiger partial charge in [0, 0.05) is 0 Å². The average molecular weight is 368 g/mol. The maximum Gasteiger partial charge on any atom is -0.0167 e. The second-order valence-electron chi connectivity index (χ2n) is 4.93. The molecule has 0 heterocycles. The molecule has 1 N–H and O–H groups in total. The minimum atomic E-state index is 0. The van der Waals surface area contributed by atoms with Crippen LogP contribution in [0.5, 0.6) is 0 Å². The number of hydrogen-bond donors (Lipinski definition) is 1. The summed E-state index contributed by atoms with van der Waals surface area (Å²) in [6, 6.07) is 10.9. The molecule has 0 aromatic heterocycles. The third-order valence-corrected chi connectivity index (χ3v) is 5.70. The summed E-state index contributed by atoms with van der Waals surface area (Å²) < 4.78 is 3.15. The monoisotopic (exact) mass is 367 g/mol. The zero-order valence-corrected chi connectivity index (χ0v) is 16.6. The third-order valence-electron chi connectivity index (χ3n) is 3.54. The molecule has 1 atom stereocenters. The molecule has 0 saturated carbocycles. The molecule has 0 amide bonds. The Balaban J connectivity index is 0. The Hall–Kier alpha value is -0.228. The average Bonchev–Trinajstić information content (AvgIpc) is 2.59. The number of benzene rings is 1. The standard InChI is InChI=1S/C9H13.C6H5.C2H7N.2ClH.Cr/c1-6-5-7(2)9(4)8(6)3;1-2-4-6-5-3-1;1-3-2;;;/h6H,1-4H3;1-5H;3H,1-2H3;2*1H;. The van der Waals surface area contributed by atoms with E-state index in [9.17, 15) is 0 Å². The van der Waals surface area contributed by atoms with Crippen molar-refractivity contribution in [2.45, 2.75) is 27.7 Å². The summed E-state index contributed by atoms with van der Waals surface area (Å²) >= 11 is 0.490. The Labute approximate surface area is 148 Å². The quantitative estimate of drug-likeness (QED) is 0.819. The van der Waals surface area contributed by atoms with E-state index in [1.165, 1.54) is 15.6 Å². The van der Waals surface area contributed by atoms with Gasteiger partial charge >= 0.3 is 105 Å². The van der Waals surface area contributed by atoms with E-state index in [4.69, 9.17) is 0 Å². The predicted octanol–water partition coefficient (Wildman–Crippen LogP) is 4.33. The molecule has 1 unspecified atom stereocenters. The second-order valence-corrected chi connectivity index (χ2v) is 6.68. The molecule has 1 aliphatic rings. The van der Waals surface area contributed by atoms with Crippen molar-refractivity contribution in [2.24, 2.45) is 5.92 Å². The van der Waals surface area contributed by atoms with Gasteiger partial charge in [-0.3, -0.25) is 0 Å². The van der Waals surface area contributed by atoms with Crippen molar-refractivity contribution in [3.63, 3.8) is 0 Å². The predicted molar refractivity (Wildman–Crippen MR) is 95.8 cm³/mol. The van der Waals surface area contributed by atoms with Gasteiger partial charge in [-0.25, -0.2) is 0 Å². The molecule has 0 radical (unpaired) electrons. The summed E-state index contributed by atoms with van der Waals surface area (Å²) in [7, 11) is 3.75. The molecule has 0 spiro atoms. The van der Waals surface area contributed by atoms with Gasteiger partial charge in [0.15, 0.2) is 0 Å². The van der Waals surface area contributed by atoms with Crippen LogP contribution in [0.3, 0.4) is 0 Å². The first-order chi connectivity index (χ1) is 9.02. The van der Waals surface area contributed by atoms with Crippen molar-refractivity contribution in [3.05, 3.63) is 51.5 Å². The number of allylic oxidation sites excluding steroid dienone is 4. The molecular weight excluding hydrogens is 341 g/mol. The van der Waals surface area contributed by atoms with Crippen molar-refractivity contribution in [3.8, 4) is 0 Å². The molecular formula is C17H27Cl2CrN. The van der Waals surface area contributed by atoms with Gasteiger partial charge in [0.05, 0.1) is 0 Å². The maximum atomic E-state index is 2.75. The number of halogens is 2. The zero-order chi connectivity index (χ0) is 14.4. The van der Waals surface area contributed by atoms with Crippen LogP contribution in [0.4, 0.5) is 0 Å². The molecule has 0 bridgehead atoms. The molecule has 2 rings (SSSR count). The number of hydrogen-bond acceptors (Lipinski definition) is 1. The van der Waals surface area contributed by atoms with Gasteiger partial charge < -0.3 is 5.32 Å². The molecule has 1 nitrogen and oxygen atoms in total. The summed E-state index contributed by atoms with van der Waals surface area (Å²) in [6.07, 6.45) is 0. The molecule has 120 valence electrons. The molecule has 21 heavy (non-hydrogen) atoms. The van der Waals surface area contributed by atoms with Crippen LogP contribution >= 0.6 is 24.8 Å². The fraction of sp³-hybridized carbons (Fsp3) is 0.412. The zero-order valence-electron chi connectivity index (χ0n) is 13.7. The first kappa shape index (κ1) is 23.0. The van der Waals surface area contributed by atoms with E-state index in [2.05, 4.69) is 63.3 Å². The van der Waals surface area contributed by atoms with Crippen LogP contribution in [0.25, 0.3) is 0 Å². The maximum absolute atomic E-state index is 2.75. The van der Waals surface area contributed by atoms with Crippen molar-refractivity contribution in [2.75, 3.05) is 14.1 Å². The fourth-order valence-corrected chi connectivity index (χ4v) is 3.99. The van der Waals surface area contributed by atoms with E-state index in [-0.39, 0.29) is 24.8 Å². The van der Waals surface area contributed by atoms with Crippen LogP contribution < -0.4 is 9.74 Å². The van der Waals surface area contributed by atoms with Crippen LogP contribution in [0.15, 0.2) is 51.5 Å². The Morgan fingerprint density at radius 2 is 1.38 bits per heavy atom. The Bertz CT molecular complexity index is 481. The van der Waals surface area contributed by atoms with E-state index < -0.39 is 0 Å². The molecule has 0 fully saturated rings. The topological polar surface area (TPSA) is 12.0 Å². The van der Waals surface area contributed by atoms with Crippen LogP contribution in [-0.4, -0.2) is 14.1 Å². The van der Waals surface area contributed by atoms with Gasteiger partial charge in [-0.2, -0.15) is 0 Å². The van der Waals surface area contributed by atoms with E-state index in [1.807, 2.05) is 14.1 Å². The van der Waals surface area contributed by atoms with Crippen LogP contribution in [0, 0.1) is 5.92 Å². The molecule has 0 saturated heterocycles. The van der Waals surface area contributed by atoms with Crippen LogP contribution in [0.2, 0.25) is 0 Å². The summed E-state index contributed by atoms with van der Waals surface area (Å²) in [5.41, 5.74) is 4.61. The largest absolute Gasteiger partial charge is 0.323 e. The summed E-state index contributed by atoms with van der Waals surface area (Å²) in [4.78, 5) is 0. The fourth-order valence-electron chi connectivity index (χ4n) is 2.11. The van der Waals surface area contributed by atoms with Crippen molar-refractivity contribution < 1.29 is 15.2 Å². The van der Waals surface area contributed by atoms with E-state index in [1.54, 1.807) is 10.0 Å². The van der Waals surface area contributed by atoms with Crippen molar-refractivity contribution >= 4 is 29.2 Å². The second kappa shape index (κ2) is 11.4. The van der Waals surface area contributed by atoms with Gasteiger partial charge in [-0.1, -0.05) is 0 Å². The van der Waals surface area contributed by atoms with E-state index in [0.717, 1.165) is 0 Å². The van der Waals surface area contributed by atoms with Crippen molar-refractivity contribution in [1.29, 1.82) is 0 Å².